The molecular formula is C27H31N3O2. The summed E-state index contributed by atoms with van der Waals surface area (Å²) in [6, 6.07) is 23.8. The lowest BCUT2D eigenvalue weighted by Gasteiger charge is -2.27. The zero-order chi connectivity index (χ0) is 22.8. The Morgan fingerprint density at radius 3 is 2.09 bits per heavy atom. The summed E-state index contributed by atoms with van der Waals surface area (Å²) in [6.07, 6.45) is 4.66. The molecule has 0 fully saturated rings. The molecule has 0 aliphatic carbocycles. The van der Waals surface area contributed by atoms with Crippen LogP contribution < -0.4 is 0 Å². The molecule has 3 aromatic rings. The van der Waals surface area contributed by atoms with Crippen molar-refractivity contribution in [2.45, 2.75) is 25.9 Å². The van der Waals surface area contributed by atoms with Gasteiger partial charge in [0.1, 0.15) is 6.54 Å². The summed E-state index contributed by atoms with van der Waals surface area (Å²) < 4.78 is 2.01. The molecule has 2 aromatic carbocycles. The Kier molecular flexibility index (Phi) is 8.44. The molecule has 0 radical (unpaired) electrons. The van der Waals surface area contributed by atoms with Crippen LogP contribution in [0.25, 0.3) is 0 Å². The molecular weight excluding hydrogens is 398 g/mol. The fourth-order valence-corrected chi connectivity index (χ4v) is 3.62. The minimum Gasteiger partial charge on any atom is -0.353 e. The van der Waals surface area contributed by atoms with E-state index in [0.717, 1.165) is 16.8 Å². The van der Waals surface area contributed by atoms with Crippen molar-refractivity contribution in [2.75, 3.05) is 13.1 Å². The molecule has 0 saturated carbocycles. The van der Waals surface area contributed by atoms with E-state index in [9.17, 15) is 9.59 Å². The second-order valence-corrected chi connectivity index (χ2v) is 7.89. The highest BCUT2D eigenvalue weighted by Gasteiger charge is 2.21. The van der Waals surface area contributed by atoms with Gasteiger partial charge in [0.05, 0.1) is 6.54 Å². The zero-order valence-corrected chi connectivity index (χ0v) is 18.7. The van der Waals surface area contributed by atoms with Crippen LogP contribution in [0, 0.1) is 0 Å². The molecule has 0 spiro atoms. The molecule has 0 unspecified atom stereocenters. The Labute approximate surface area is 190 Å². The van der Waals surface area contributed by atoms with E-state index in [-0.39, 0.29) is 18.4 Å². The molecule has 32 heavy (non-hydrogen) atoms. The SMILES string of the molecule is C=CCN(CC(=O)N(Cc1ccccc1)Cc1cccn1C)C(=O)CCc1ccccc1. The van der Waals surface area contributed by atoms with E-state index in [1.165, 1.54) is 0 Å². The lowest BCUT2D eigenvalue weighted by atomic mass is 10.1. The van der Waals surface area contributed by atoms with Crippen LogP contribution in [0.3, 0.4) is 0 Å². The van der Waals surface area contributed by atoms with Gasteiger partial charge in [-0.25, -0.2) is 0 Å². The molecule has 0 aliphatic rings. The van der Waals surface area contributed by atoms with Crippen molar-refractivity contribution in [2.24, 2.45) is 7.05 Å². The van der Waals surface area contributed by atoms with Crippen molar-refractivity contribution >= 4 is 11.8 Å². The number of hydrogen-bond donors (Lipinski definition) is 0. The van der Waals surface area contributed by atoms with Crippen LogP contribution in [0.5, 0.6) is 0 Å². The number of aromatic nitrogens is 1. The van der Waals surface area contributed by atoms with Gasteiger partial charge in [0.25, 0.3) is 0 Å². The summed E-state index contributed by atoms with van der Waals surface area (Å²) in [5, 5.41) is 0. The fourth-order valence-electron chi connectivity index (χ4n) is 3.62. The zero-order valence-electron chi connectivity index (χ0n) is 18.7. The molecule has 1 heterocycles. The molecule has 166 valence electrons. The first-order valence-corrected chi connectivity index (χ1v) is 10.9. The molecule has 0 bridgehead atoms. The largest absolute Gasteiger partial charge is 0.353 e. The predicted octanol–water partition coefficient (Wildman–Crippen LogP) is 4.20. The highest BCUT2D eigenvalue weighted by molar-refractivity contribution is 5.85. The average Bonchev–Trinajstić information content (AvgIpc) is 3.22. The van der Waals surface area contributed by atoms with Gasteiger partial charge in [-0.15, -0.1) is 6.58 Å². The van der Waals surface area contributed by atoms with Crippen LogP contribution in [0.1, 0.15) is 23.2 Å². The van der Waals surface area contributed by atoms with Crippen molar-refractivity contribution in [3.63, 3.8) is 0 Å². The number of rotatable bonds is 11. The fraction of sp³-hybridized carbons (Fsp3) is 0.259. The number of carbonyl (C=O) groups is 2. The molecule has 2 amide bonds. The number of benzene rings is 2. The van der Waals surface area contributed by atoms with E-state index in [1.807, 2.05) is 95.5 Å². The van der Waals surface area contributed by atoms with Crippen molar-refractivity contribution < 1.29 is 9.59 Å². The van der Waals surface area contributed by atoms with E-state index < -0.39 is 0 Å². The summed E-state index contributed by atoms with van der Waals surface area (Å²) >= 11 is 0. The standard InChI is InChI=1S/C27H31N3O2/c1-3-18-29(26(31)17-16-23-11-6-4-7-12-23)22-27(32)30(20-24-13-8-5-9-14-24)21-25-15-10-19-28(25)2/h3-15,19H,1,16-18,20-22H2,2H3. The van der Waals surface area contributed by atoms with Crippen LogP contribution in [0.15, 0.2) is 91.6 Å². The molecule has 0 saturated heterocycles. The van der Waals surface area contributed by atoms with E-state index in [4.69, 9.17) is 0 Å². The van der Waals surface area contributed by atoms with Crippen LogP contribution in [-0.4, -0.2) is 39.3 Å². The number of hydrogen-bond acceptors (Lipinski definition) is 2. The average molecular weight is 430 g/mol. The molecule has 0 aliphatic heterocycles. The van der Waals surface area contributed by atoms with Crippen molar-refractivity contribution in [1.82, 2.24) is 14.4 Å². The lowest BCUT2D eigenvalue weighted by molar-refractivity contribution is -0.140. The summed E-state index contributed by atoms with van der Waals surface area (Å²) in [6.45, 7) is 5.13. The monoisotopic (exact) mass is 429 g/mol. The minimum absolute atomic E-state index is 0.0386. The predicted molar refractivity (Wildman–Crippen MR) is 128 cm³/mol. The number of nitrogens with zero attached hydrogens (tertiary/aromatic N) is 3. The third-order valence-electron chi connectivity index (χ3n) is 5.47. The third kappa shape index (κ3) is 6.71. The number of amides is 2. The Balaban J connectivity index is 1.69. The van der Waals surface area contributed by atoms with Gasteiger partial charge >= 0.3 is 0 Å². The van der Waals surface area contributed by atoms with Gasteiger partial charge in [-0.2, -0.15) is 0 Å². The van der Waals surface area contributed by atoms with Crippen molar-refractivity contribution in [3.05, 3.63) is 108 Å². The molecule has 5 heteroatoms. The maximum atomic E-state index is 13.3. The van der Waals surface area contributed by atoms with Gasteiger partial charge in [-0.1, -0.05) is 66.7 Å². The maximum Gasteiger partial charge on any atom is 0.242 e. The Morgan fingerprint density at radius 1 is 0.844 bits per heavy atom. The third-order valence-corrected chi connectivity index (χ3v) is 5.47. The van der Waals surface area contributed by atoms with Crippen LogP contribution in [-0.2, 0) is 36.1 Å². The molecule has 0 N–H and O–H groups in total. The van der Waals surface area contributed by atoms with Gasteiger partial charge in [0.2, 0.25) is 11.8 Å². The van der Waals surface area contributed by atoms with Gasteiger partial charge in [-0.05, 0) is 29.7 Å². The maximum absolute atomic E-state index is 13.3. The van der Waals surface area contributed by atoms with Crippen molar-refractivity contribution in [1.29, 1.82) is 0 Å². The lowest BCUT2D eigenvalue weighted by Crippen LogP contribution is -2.42. The second kappa shape index (κ2) is 11.7. The second-order valence-electron chi connectivity index (χ2n) is 7.89. The van der Waals surface area contributed by atoms with Gasteiger partial charge in [0.15, 0.2) is 0 Å². The highest BCUT2D eigenvalue weighted by Crippen LogP contribution is 2.12. The van der Waals surface area contributed by atoms with Crippen LogP contribution >= 0.6 is 0 Å². The van der Waals surface area contributed by atoms with Crippen molar-refractivity contribution in [3.8, 4) is 0 Å². The number of carbonyl (C=O) groups excluding carboxylic acids is 2. The molecule has 1 aromatic heterocycles. The van der Waals surface area contributed by atoms with E-state index in [1.54, 1.807) is 11.0 Å². The molecule has 3 rings (SSSR count). The summed E-state index contributed by atoms with van der Waals surface area (Å²) in [5.74, 6) is -0.120. The minimum atomic E-state index is -0.0787. The normalized spacial score (nSPS) is 10.5. The van der Waals surface area contributed by atoms with E-state index in [0.29, 0.717) is 32.5 Å². The summed E-state index contributed by atoms with van der Waals surface area (Å²) in [4.78, 5) is 29.6. The molecule has 5 nitrogen and oxygen atoms in total. The van der Waals surface area contributed by atoms with Gasteiger partial charge in [-0.3, -0.25) is 9.59 Å². The van der Waals surface area contributed by atoms with E-state index >= 15 is 0 Å². The molecule has 0 atom stereocenters. The Hall–Kier alpha value is -3.60. The Morgan fingerprint density at radius 2 is 1.50 bits per heavy atom. The number of aryl methyl sites for hydroxylation is 2. The summed E-state index contributed by atoms with van der Waals surface area (Å²) in [5.41, 5.74) is 3.21. The summed E-state index contributed by atoms with van der Waals surface area (Å²) in [7, 11) is 1.97. The first kappa shape index (κ1) is 23.1. The highest BCUT2D eigenvalue weighted by atomic mass is 16.2. The smallest absolute Gasteiger partial charge is 0.242 e. The van der Waals surface area contributed by atoms with Gasteiger partial charge < -0.3 is 14.4 Å². The van der Waals surface area contributed by atoms with Gasteiger partial charge in [0, 0.05) is 38.4 Å². The first-order valence-electron chi connectivity index (χ1n) is 10.9. The topological polar surface area (TPSA) is 45.6 Å². The quantitative estimate of drug-likeness (QED) is 0.429. The van der Waals surface area contributed by atoms with E-state index in [2.05, 4.69) is 6.58 Å². The van der Waals surface area contributed by atoms with Crippen LogP contribution in [0.2, 0.25) is 0 Å². The van der Waals surface area contributed by atoms with Crippen LogP contribution in [0.4, 0.5) is 0 Å². The first-order chi connectivity index (χ1) is 15.6. The Bertz CT molecular complexity index is 1010.